The van der Waals surface area contributed by atoms with E-state index in [1.54, 1.807) is 0 Å². The van der Waals surface area contributed by atoms with E-state index in [1.165, 1.54) is 38.6 Å². The van der Waals surface area contributed by atoms with Crippen LogP contribution in [0.5, 0.6) is 5.75 Å². The third-order valence-electron chi connectivity index (χ3n) is 5.89. The third kappa shape index (κ3) is 4.09. The number of nitrogens with zero attached hydrogens (tertiary/aromatic N) is 1. The number of hydrogen-bond acceptors (Lipinski definition) is 3. The molecule has 2 atom stereocenters. The largest absolute Gasteiger partial charge is 0.490 e. The first-order valence-corrected chi connectivity index (χ1v) is 9.86. The van der Waals surface area contributed by atoms with Gasteiger partial charge in [-0.05, 0) is 75.8 Å². The summed E-state index contributed by atoms with van der Waals surface area (Å²) < 4.78 is 5.97. The average Bonchev–Trinajstić information content (AvgIpc) is 3.27. The molecular formula is C20H29N3O2. The van der Waals surface area contributed by atoms with Gasteiger partial charge in [0.25, 0.3) is 0 Å². The van der Waals surface area contributed by atoms with Gasteiger partial charge in [-0.1, -0.05) is 6.42 Å². The lowest BCUT2D eigenvalue weighted by atomic mass is 9.99. The first-order chi connectivity index (χ1) is 12.3. The van der Waals surface area contributed by atoms with Gasteiger partial charge in [0, 0.05) is 24.3 Å². The van der Waals surface area contributed by atoms with Crippen molar-refractivity contribution < 1.29 is 9.53 Å². The second-order valence-electron chi connectivity index (χ2n) is 7.64. The fraction of sp³-hybridized carbons (Fsp3) is 0.650. The number of anilines is 1. The van der Waals surface area contributed by atoms with Crippen LogP contribution >= 0.6 is 0 Å². The molecule has 0 aromatic heterocycles. The SMILES string of the molecule is O=C(Nc1ccc(OC2CCCC2)cc1)N[C@@H]1CCN2CCCC[C@@H]12. The second-order valence-corrected chi connectivity index (χ2v) is 7.64. The maximum Gasteiger partial charge on any atom is 0.319 e. The average molecular weight is 343 g/mol. The zero-order valence-electron chi connectivity index (χ0n) is 14.9. The van der Waals surface area contributed by atoms with Gasteiger partial charge in [-0.15, -0.1) is 0 Å². The topological polar surface area (TPSA) is 53.6 Å². The molecule has 5 heteroatoms. The molecule has 1 aliphatic carbocycles. The number of carbonyl (C=O) groups is 1. The number of ether oxygens (including phenoxy) is 1. The van der Waals surface area contributed by atoms with Gasteiger partial charge < -0.3 is 15.4 Å². The zero-order chi connectivity index (χ0) is 17.1. The Balaban J connectivity index is 1.27. The van der Waals surface area contributed by atoms with Crippen LogP contribution in [0.25, 0.3) is 0 Å². The van der Waals surface area contributed by atoms with Gasteiger partial charge in [-0.3, -0.25) is 4.90 Å². The molecule has 0 radical (unpaired) electrons. The van der Waals surface area contributed by atoms with Crippen molar-refractivity contribution in [2.75, 3.05) is 18.4 Å². The Hall–Kier alpha value is -1.75. The number of carbonyl (C=O) groups excluding carboxylic acids is 1. The molecule has 2 aliphatic heterocycles. The molecule has 136 valence electrons. The maximum atomic E-state index is 12.3. The Morgan fingerprint density at radius 3 is 2.52 bits per heavy atom. The Kier molecular flexibility index (Phi) is 5.11. The van der Waals surface area contributed by atoms with Gasteiger partial charge in [0.05, 0.1) is 6.10 Å². The van der Waals surface area contributed by atoms with E-state index < -0.39 is 0 Å². The van der Waals surface area contributed by atoms with Gasteiger partial charge in [-0.25, -0.2) is 4.79 Å². The van der Waals surface area contributed by atoms with Crippen molar-refractivity contribution in [1.82, 2.24) is 10.2 Å². The first kappa shape index (κ1) is 16.7. The van der Waals surface area contributed by atoms with Crippen LogP contribution in [0.3, 0.4) is 0 Å². The summed E-state index contributed by atoms with van der Waals surface area (Å²) in [5.74, 6) is 0.895. The summed E-state index contributed by atoms with van der Waals surface area (Å²) >= 11 is 0. The second kappa shape index (κ2) is 7.65. The van der Waals surface area contributed by atoms with Crippen molar-refractivity contribution in [3.63, 3.8) is 0 Å². The number of hydrogen-bond donors (Lipinski definition) is 2. The van der Waals surface area contributed by atoms with Crippen LogP contribution in [0.15, 0.2) is 24.3 Å². The summed E-state index contributed by atoms with van der Waals surface area (Å²) in [4.78, 5) is 14.9. The normalized spacial score (nSPS) is 27.0. The molecule has 1 aromatic rings. The van der Waals surface area contributed by atoms with E-state index in [9.17, 15) is 4.79 Å². The number of amides is 2. The van der Waals surface area contributed by atoms with Crippen LogP contribution in [0.1, 0.15) is 51.4 Å². The predicted octanol–water partition coefficient (Wildman–Crippen LogP) is 3.76. The van der Waals surface area contributed by atoms with E-state index in [0.29, 0.717) is 12.1 Å². The standard InChI is InChI=1S/C20H29N3O2/c24-20(22-18-12-14-23-13-4-3-7-19(18)23)21-15-8-10-17(11-9-15)25-16-5-1-2-6-16/h8-11,16,18-19H,1-7,12-14H2,(H2,21,22,24)/t18-,19+/m1/s1. The van der Waals surface area contributed by atoms with Crippen molar-refractivity contribution in [1.29, 1.82) is 0 Å². The lowest BCUT2D eigenvalue weighted by Gasteiger charge is -2.32. The lowest BCUT2D eigenvalue weighted by Crippen LogP contribution is -2.47. The van der Waals surface area contributed by atoms with Crippen LogP contribution in [0.4, 0.5) is 10.5 Å². The molecule has 1 aromatic carbocycles. The van der Waals surface area contributed by atoms with Gasteiger partial charge in [-0.2, -0.15) is 0 Å². The molecule has 0 bridgehead atoms. The van der Waals surface area contributed by atoms with E-state index in [-0.39, 0.29) is 12.1 Å². The van der Waals surface area contributed by atoms with Gasteiger partial charge in [0.2, 0.25) is 0 Å². The quantitative estimate of drug-likeness (QED) is 0.875. The van der Waals surface area contributed by atoms with E-state index in [1.807, 2.05) is 24.3 Å². The van der Waals surface area contributed by atoms with Gasteiger partial charge in [0.1, 0.15) is 5.75 Å². The smallest absolute Gasteiger partial charge is 0.319 e. The number of rotatable bonds is 4. The maximum absolute atomic E-state index is 12.3. The molecule has 0 unspecified atom stereocenters. The predicted molar refractivity (Wildman–Crippen MR) is 99.1 cm³/mol. The molecular weight excluding hydrogens is 314 g/mol. The summed E-state index contributed by atoms with van der Waals surface area (Å²) in [6.07, 6.45) is 10.1. The molecule has 2 amide bonds. The Labute approximate surface area is 150 Å². The molecule has 2 saturated heterocycles. The Morgan fingerprint density at radius 2 is 1.72 bits per heavy atom. The van der Waals surface area contributed by atoms with Crippen LogP contribution in [-0.4, -0.2) is 42.2 Å². The van der Waals surface area contributed by atoms with Crippen LogP contribution in [0.2, 0.25) is 0 Å². The molecule has 25 heavy (non-hydrogen) atoms. The van der Waals surface area contributed by atoms with Crippen molar-refractivity contribution >= 4 is 11.7 Å². The summed E-state index contributed by atoms with van der Waals surface area (Å²) in [6, 6.07) is 8.46. The summed E-state index contributed by atoms with van der Waals surface area (Å²) in [5, 5.41) is 6.14. The van der Waals surface area contributed by atoms with Crippen molar-refractivity contribution in [3.05, 3.63) is 24.3 Å². The van der Waals surface area contributed by atoms with Crippen LogP contribution in [0, 0.1) is 0 Å². The van der Waals surface area contributed by atoms with E-state index >= 15 is 0 Å². The molecule has 5 nitrogen and oxygen atoms in total. The van der Waals surface area contributed by atoms with Crippen molar-refractivity contribution in [3.8, 4) is 5.75 Å². The molecule has 0 spiro atoms. The van der Waals surface area contributed by atoms with Gasteiger partial charge in [0.15, 0.2) is 0 Å². The third-order valence-corrected chi connectivity index (χ3v) is 5.89. The Bertz CT molecular complexity index is 583. The lowest BCUT2D eigenvalue weighted by molar-refractivity contribution is 0.180. The number of urea groups is 1. The molecule has 3 fully saturated rings. The number of benzene rings is 1. The minimum atomic E-state index is -0.0955. The van der Waals surface area contributed by atoms with E-state index in [4.69, 9.17) is 4.74 Å². The first-order valence-electron chi connectivity index (χ1n) is 9.86. The Morgan fingerprint density at radius 1 is 0.960 bits per heavy atom. The van der Waals surface area contributed by atoms with Crippen molar-refractivity contribution in [2.24, 2.45) is 0 Å². The van der Waals surface area contributed by atoms with Crippen LogP contribution < -0.4 is 15.4 Å². The molecule has 4 rings (SSSR count). The summed E-state index contributed by atoms with van der Waals surface area (Å²) in [7, 11) is 0. The van der Waals surface area contributed by atoms with Gasteiger partial charge >= 0.3 is 6.03 Å². The number of piperidine rings is 1. The highest BCUT2D eigenvalue weighted by molar-refractivity contribution is 5.89. The highest BCUT2D eigenvalue weighted by atomic mass is 16.5. The summed E-state index contributed by atoms with van der Waals surface area (Å²) in [5.41, 5.74) is 0.815. The van der Waals surface area contributed by atoms with E-state index in [0.717, 1.165) is 37.2 Å². The van der Waals surface area contributed by atoms with Crippen molar-refractivity contribution in [2.45, 2.75) is 69.6 Å². The molecule has 2 heterocycles. The minimum absolute atomic E-state index is 0.0955. The minimum Gasteiger partial charge on any atom is -0.490 e. The fourth-order valence-corrected chi connectivity index (χ4v) is 4.57. The summed E-state index contributed by atoms with van der Waals surface area (Å²) in [6.45, 7) is 2.30. The zero-order valence-corrected chi connectivity index (χ0v) is 14.9. The number of fused-ring (bicyclic) bond motifs is 1. The van der Waals surface area contributed by atoms with Crippen LogP contribution in [-0.2, 0) is 0 Å². The molecule has 2 N–H and O–H groups in total. The monoisotopic (exact) mass is 343 g/mol. The molecule has 1 saturated carbocycles. The number of nitrogens with one attached hydrogen (secondary N) is 2. The van der Waals surface area contributed by atoms with E-state index in [2.05, 4.69) is 15.5 Å². The fourth-order valence-electron chi connectivity index (χ4n) is 4.57. The highest BCUT2D eigenvalue weighted by Crippen LogP contribution is 2.27. The highest BCUT2D eigenvalue weighted by Gasteiger charge is 2.36. The molecule has 3 aliphatic rings.